The Kier molecular flexibility index (Phi) is 5.86. The van der Waals surface area contributed by atoms with Crippen molar-refractivity contribution in [3.63, 3.8) is 0 Å². The maximum atomic E-state index is 12.5. The van der Waals surface area contributed by atoms with Gasteiger partial charge in [0.15, 0.2) is 0 Å². The summed E-state index contributed by atoms with van der Waals surface area (Å²) in [7, 11) is 0. The molecule has 0 bridgehead atoms. The van der Waals surface area contributed by atoms with Gasteiger partial charge in [0.2, 0.25) is 5.91 Å². The number of carbonyl (C=O) groups excluding carboxylic acids is 2. The highest BCUT2D eigenvalue weighted by atomic mass is 16.5. The maximum absolute atomic E-state index is 12.5. The predicted molar refractivity (Wildman–Crippen MR) is 128 cm³/mol. The first-order valence-electron chi connectivity index (χ1n) is 11.4. The van der Waals surface area contributed by atoms with E-state index in [0.29, 0.717) is 12.8 Å². The SMILES string of the molecule is O=C(NC1CC(C(=O)Nc2ccc(O)cc2C(=O)O)C1)OCC1c2ccccc2-c2ccccc21. The highest BCUT2D eigenvalue weighted by Gasteiger charge is 2.36. The second-order valence-corrected chi connectivity index (χ2v) is 8.86. The molecule has 0 spiro atoms. The van der Waals surface area contributed by atoms with E-state index >= 15 is 0 Å². The van der Waals surface area contributed by atoms with Crippen molar-refractivity contribution < 1.29 is 29.3 Å². The third-order valence-electron chi connectivity index (χ3n) is 6.67. The quantitative estimate of drug-likeness (QED) is 0.396. The zero-order valence-corrected chi connectivity index (χ0v) is 18.7. The molecule has 1 fully saturated rings. The number of anilines is 1. The van der Waals surface area contributed by atoms with Crippen LogP contribution in [0.4, 0.5) is 10.5 Å². The monoisotopic (exact) mass is 472 g/mol. The molecule has 0 aromatic heterocycles. The van der Waals surface area contributed by atoms with Crippen LogP contribution in [0.1, 0.15) is 40.2 Å². The minimum absolute atomic E-state index is 0.0261. The van der Waals surface area contributed by atoms with Crippen molar-refractivity contribution in [3.8, 4) is 16.9 Å². The van der Waals surface area contributed by atoms with Crippen molar-refractivity contribution in [2.75, 3.05) is 11.9 Å². The summed E-state index contributed by atoms with van der Waals surface area (Å²) in [4.78, 5) is 36.3. The summed E-state index contributed by atoms with van der Waals surface area (Å²) in [5.74, 6) is -2.16. The molecule has 35 heavy (non-hydrogen) atoms. The van der Waals surface area contributed by atoms with Crippen LogP contribution in [0.2, 0.25) is 0 Å². The number of carboxylic acid groups (broad SMARTS) is 1. The van der Waals surface area contributed by atoms with Gasteiger partial charge in [0.05, 0.1) is 11.3 Å². The molecule has 5 rings (SSSR count). The van der Waals surface area contributed by atoms with Crippen molar-refractivity contribution in [2.45, 2.75) is 24.8 Å². The topological polar surface area (TPSA) is 125 Å². The Morgan fingerprint density at radius 3 is 2.17 bits per heavy atom. The number of alkyl carbamates (subject to hydrolysis) is 1. The molecular weight excluding hydrogens is 448 g/mol. The average molecular weight is 472 g/mol. The molecule has 0 saturated heterocycles. The lowest BCUT2D eigenvalue weighted by Crippen LogP contribution is -2.48. The lowest BCUT2D eigenvalue weighted by Gasteiger charge is -2.34. The highest BCUT2D eigenvalue weighted by molar-refractivity contribution is 6.01. The molecule has 2 aliphatic rings. The summed E-state index contributed by atoms with van der Waals surface area (Å²) < 4.78 is 5.55. The third kappa shape index (κ3) is 4.42. The van der Waals surface area contributed by atoms with Crippen LogP contribution >= 0.6 is 0 Å². The van der Waals surface area contributed by atoms with E-state index in [0.717, 1.165) is 28.3 Å². The molecule has 2 amide bonds. The van der Waals surface area contributed by atoms with Crippen LogP contribution in [0.5, 0.6) is 5.75 Å². The fraction of sp³-hybridized carbons (Fsp3) is 0.222. The summed E-state index contributed by atoms with van der Waals surface area (Å²) in [6.07, 6.45) is 0.329. The van der Waals surface area contributed by atoms with Crippen molar-refractivity contribution in [1.82, 2.24) is 5.32 Å². The van der Waals surface area contributed by atoms with Crippen LogP contribution in [0.3, 0.4) is 0 Å². The zero-order valence-electron chi connectivity index (χ0n) is 18.7. The van der Waals surface area contributed by atoms with Gasteiger partial charge in [-0.2, -0.15) is 0 Å². The summed E-state index contributed by atoms with van der Waals surface area (Å²) >= 11 is 0. The standard InChI is InChI=1S/C27H24N2O6/c30-17-9-10-24(22(13-17)26(32)33)29-25(31)15-11-16(12-15)28-27(34)35-14-23-20-7-3-1-5-18(20)19-6-2-4-8-21(19)23/h1-10,13,15-16,23,30H,11-12,14H2,(H,28,34)(H,29,31)(H,32,33). The number of amides is 2. The van der Waals surface area contributed by atoms with E-state index in [1.54, 1.807) is 0 Å². The predicted octanol–water partition coefficient (Wildman–Crippen LogP) is 4.35. The van der Waals surface area contributed by atoms with Crippen LogP contribution in [0, 0.1) is 5.92 Å². The third-order valence-corrected chi connectivity index (χ3v) is 6.67. The van der Waals surface area contributed by atoms with E-state index in [4.69, 9.17) is 4.74 Å². The fourth-order valence-electron chi connectivity index (χ4n) is 4.81. The van der Waals surface area contributed by atoms with Gasteiger partial charge in [0.25, 0.3) is 0 Å². The molecule has 4 N–H and O–H groups in total. The first kappa shape index (κ1) is 22.5. The Bertz CT molecular complexity index is 1270. The number of rotatable bonds is 6. The van der Waals surface area contributed by atoms with E-state index < -0.39 is 12.1 Å². The number of phenolic OH excluding ortho intramolecular Hbond substituents is 1. The van der Waals surface area contributed by atoms with Gasteiger partial charge < -0.3 is 25.6 Å². The normalized spacial score (nSPS) is 18.1. The highest BCUT2D eigenvalue weighted by Crippen LogP contribution is 2.44. The van der Waals surface area contributed by atoms with E-state index in [1.807, 2.05) is 24.3 Å². The number of benzene rings is 3. The smallest absolute Gasteiger partial charge is 0.407 e. The minimum Gasteiger partial charge on any atom is -0.508 e. The number of nitrogens with one attached hydrogen (secondary N) is 2. The zero-order chi connectivity index (χ0) is 24.5. The molecule has 178 valence electrons. The van der Waals surface area contributed by atoms with Crippen LogP contribution in [0.25, 0.3) is 11.1 Å². The summed E-state index contributed by atoms with van der Waals surface area (Å²) in [6.45, 7) is 0.218. The van der Waals surface area contributed by atoms with E-state index in [2.05, 4.69) is 34.9 Å². The molecule has 0 atom stereocenters. The van der Waals surface area contributed by atoms with E-state index in [1.165, 1.54) is 12.1 Å². The second kappa shape index (κ2) is 9.13. The Labute approximate surface area is 201 Å². The number of aromatic carboxylic acids is 1. The Balaban J connectivity index is 1.13. The lowest BCUT2D eigenvalue weighted by molar-refractivity contribution is -0.122. The van der Waals surface area contributed by atoms with Gasteiger partial charge in [-0.15, -0.1) is 0 Å². The number of hydrogen-bond donors (Lipinski definition) is 4. The van der Waals surface area contributed by atoms with Gasteiger partial charge in [-0.05, 0) is 53.3 Å². The molecule has 3 aromatic rings. The Morgan fingerprint density at radius 2 is 1.54 bits per heavy atom. The lowest BCUT2D eigenvalue weighted by atomic mass is 9.79. The Hall–Kier alpha value is -4.33. The molecule has 0 heterocycles. The average Bonchev–Trinajstić information content (AvgIpc) is 3.14. The molecule has 0 aliphatic heterocycles. The van der Waals surface area contributed by atoms with Gasteiger partial charge in [-0.3, -0.25) is 4.79 Å². The fourth-order valence-corrected chi connectivity index (χ4v) is 4.81. The number of carboxylic acids is 1. The molecule has 8 nitrogen and oxygen atoms in total. The second-order valence-electron chi connectivity index (χ2n) is 8.86. The number of hydrogen-bond acceptors (Lipinski definition) is 5. The van der Waals surface area contributed by atoms with Crippen LogP contribution in [-0.2, 0) is 9.53 Å². The van der Waals surface area contributed by atoms with Crippen LogP contribution < -0.4 is 10.6 Å². The summed E-state index contributed by atoms with van der Waals surface area (Å²) in [6, 6.07) is 19.8. The van der Waals surface area contributed by atoms with Gasteiger partial charge >= 0.3 is 12.1 Å². The maximum Gasteiger partial charge on any atom is 0.407 e. The van der Waals surface area contributed by atoms with Crippen molar-refractivity contribution in [1.29, 1.82) is 0 Å². The molecular formula is C27H24N2O6. The van der Waals surface area contributed by atoms with Crippen molar-refractivity contribution in [3.05, 3.63) is 83.4 Å². The molecule has 0 unspecified atom stereocenters. The van der Waals surface area contributed by atoms with Gasteiger partial charge in [-0.1, -0.05) is 48.5 Å². The van der Waals surface area contributed by atoms with E-state index in [9.17, 15) is 24.6 Å². The number of phenols is 1. The van der Waals surface area contributed by atoms with Crippen molar-refractivity contribution >= 4 is 23.7 Å². The van der Waals surface area contributed by atoms with Crippen LogP contribution in [-0.4, -0.2) is 40.8 Å². The first-order chi connectivity index (χ1) is 16.9. The number of aromatic hydroxyl groups is 1. The van der Waals surface area contributed by atoms with Gasteiger partial charge in [-0.25, -0.2) is 9.59 Å². The van der Waals surface area contributed by atoms with Crippen LogP contribution in [0.15, 0.2) is 66.7 Å². The largest absolute Gasteiger partial charge is 0.508 e. The number of carbonyl (C=O) groups is 3. The summed E-state index contributed by atoms with van der Waals surface area (Å²) in [5.41, 5.74) is 4.52. The summed E-state index contributed by atoms with van der Waals surface area (Å²) in [5, 5.41) is 24.2. The molecule has 8 heteroatoms. The van der Waals surface area contributed by atoms with Crippen molar-refractivity contribution in [2.24, 2.45) is 5.92 Å². The van der Waals surface area contributed by atoms with Gasteiger partial charge in [0, 0.05) is 17.9 Å². The molecule has 1 saturated carbocycles. The molecule has 3 aromatic carbocycles. The van der Waals surface area contributed by atoms with Gasteiger partial charge in [0.1, 0.15) is 12.4 Å². The first-order valence-corrected chi connectivity index (χ1v) is 11.4. The number of ether oxygens (including phenoxy) is 1. The minimum atomic E-state index is -1.25. The van der Waals surface area contributed by atoms with E-state index in [-0.39, 0.29) is 47.4 Å². The number of fused-ring (bicyclic) bond motifs is 3. The molecule has 0 radical (unpaired) electrons. The molecule has 2 aliphatic carbocycles. The Morgan fingerprint density at radius 1 is 0.914 bits per heavy atom.